The molecule has 2 aromatic heterocycles. The molecule has 0 spiro atoms. The molecular weight excluding hydrogens is 332 g/mol. The van der Waals surface area contributed by atoms with Crippen molar-refractivity contribution in [2.24, 2.45) is 0 Å². The summed E-state index contributed by atoms with van der Waals surface area (Å²) >= 11 is 7.10. The minimum atomic E-state index is -3.43. The lowest BCUT2D eigenvalue weighted by molar-refractivity contribution is 0.261. The molecule has 2 aromatic rings. The van der Waals surface area contributed by atoms with E-state index in [1.807, 2.05) is 6.92 Å². The predicted molar refractivity (Wildman–Crippen MR) is 81.1 cm³/mol. The number of aryl methyl sites for hydroxylation is 1. The molecule has 3 heterocycles. The van der Waals surface area contributed by atoms with Crippen LogP contribution in [0.5, 0.6) is 0 Å². The number of rotatable bonds is 3. The second kappa shape index (κ2) is 5.68. The standard InChI is InChI=1S/C12H15ClN4O2S2/c1-9-6-11(20-12(9)13)21(18,19)16-4-2-10(3-5-16)17-8-14-7-15-17/h6-8,10H,2-5H2,1H3. The molecule has 0 saturated carbocycles. The molecule has 1 saturated heterocycles. The molecule has 21 heavy (non-hydrogen) atoms. The number of hydrogen-bond acceptors (Lipinski definition) is 5. The summed E-state index contributed by atoms with van der Waals surface area (Å²) < 4.78 is 29.4. The van der Waals surface area contributed by atoms with E-state index in [9.17, 15) is 8.42 Å². The van der Waals surface area contributed by atoms with E-state index in [1.165, 1.54) is 10.6 Å². The van der Waals surface area contributed by atoms with Crippen LogP contribution in [0.3, 0.4) is 0 Å². The molecule has 0 atom stereocenters. The van der Waals surface area contributed by atoms with E-state index >= 15 is 0 Å². The largest absolute Gasteiger partial charge is 0.252 e. The van der Waals surface area contributed by atoms with Crippen LogP contribution in [0.25, 0.3) is 0 Å². The molecule has 0 aliphatic carbocycles. The Kier molecular flexibility index (Phi) is 4.04. The van der Waals surface area contributed by atoms with Crippen molar-refractivity contribution in [1.29, 1.82) is 0 Å². The van der Waals surface area contributed by atoms with Gasteiger partial charge in [-0.2, -0.15) is 9.40 Å². The second-order valence-electron chi connectivity index (χ2n) is 5.03. The van der Waals surface area contributed by atoms with Crippen molar-refractivity contribution < 1.29 is 8.42 Å². The Hall–Kier alpha value is -0.960. The van der Waals surface area contributed by atoms with Crippen molar-refractivity contribution in [3.63, 3.8) is 0 Å². The number of sulfonamides is 1. The van der Waals surface area contributed by atoms with Gasteiger partial charge in [-0.05, 0) is 31.4 Å². The third-order valence-corrected chi connectivity index (χ3v) is 7.57. The summed E-state index contributed by atoms with van der Waals surface area (Å²) in [6, 6.07) is 1.86. The normalized spacial score (nSPS) is 18.2. The topological polar surface area (TPSA) is 68.1 Å². The molecule has 0 N–H and O–H groups in total. The highest BCUT2D eigenvalue weighted by atomic mass is 35.5. The van der Waals surface area contributed by atoms with E-state index in [0.29, 0.717) is 21.6 Å². The summed E-state index contributed by atoms with van der Waals surface area (Å²) in [5, 5.41) is 4.12. The van der Waals surface area contributed by atoms with Gasteiger partial charge in [-0.15, -0.1) is 11.3 Å². The molecule has 0 radical (unpaired) electrons. The smallest absolute Gasteiger partial charge is 0.250 e. The van der Waals surface area contributed by atoms with E-state index in [4.69, 9.17) is 11.6 Å². The highest BCUT2D eigenvalue weighted by Gasteiger charge is 2.31. The summed E-state index contributed by atoms with van der Waals surface area (Å²) in [4.78, 5) is 3.93. The number of halogens is 1. The van der Waals surface area contributed by atoms with E-state index in [2.05, 4.69) is 10.1 Å². The van der Waals surface area contributed by atoms with Gasteiger partial charge >= 0.3 is 0 Å². The molecule has 114 valence electrons. The first kappa shape index (κ1) is 15.0. The van der Waals surface area contributed by atoms with Gasteiger partial charge in [-0.1, -0.05) is 11.6 Å². The lowest BCUT2D eigenvalue weighted by Crippen LogP contribution is -2.38. The first-order valence-corrected chi connectivity index (χ1v) is 9.22. The minimum absolute atomic E-state index is 0.215. The molecule has 1 fully saturated rings. The zero-order valence-electron chi connectivity index (χ0n) is 11.4. The SMILES string of the molecule is Cc1cc(S(=O)(=O)N2CCC(n3cncn3)CC2)sc1Cl. The van der Waals surface area contributed by atoms with Gasteiger partial charge in [-0.25, -0.2) is 18.1 Å². The first-order chi connectivity index (χ1) is 9.98. The van der Waals surface area contributed by atoms with Crippen LogP contribution < -0.4 is 0 Å². The van der Waals surface area contributed by atoms with Crippen LogP contribution in [-0.2, 0) is 10.0 Å². The average molecular weight is 347 g/mol. The van der Waals surface area contributed by atoms with Crippen molar-refractivity contribution in [3.8, 4) is 0 Å². The molecule has 0 bridgehead atoms. The maximum Gasteiger partial charge on any atom is 0.252 e. The fourth-order valence-corrected chi connectivity index (χ4v) is 5.77. The van der Waals surface area contributed by atoms with Crippen LogP contribution in [0.15, 0.2) is 22.9 Å². The van der Waals surface area contributed by atoms with Crippen LogP contribution in [0, 0.1) is 6.92 Å². The molecule has 1 aliphatic heterocycles. The number of piperidine rings is 1. The summed E-state index contributed by atoms with van der Waals surface area (Å²) in [6.07, 6.45) is 4.65. The Balaban J connectivity index is 1.74. The van der Waals surface area contributed by atoms with Crippen LogP contribution in [0.4, 0.5) is 0 Å². The highest BCUT2D eigenvalue weighted by molar-refractivity contribution is 7.91. The average Bonchev–Trinajstić information content (AvgIpc) is 3.10. The van der Waals surface area contributed by atoms with E-state index in [0.717, 1.165) is 29.7 Å². The predicted octanol–water partition coefficient (Wildman–Crippen LogP) is 2.33. The van der Waals surface area contributed by atoms with Crippen molar-refractivity contribution >= 4 is 33.0 Å². The summed E-state index contributed by atoms with van der Waals surface area (Å²) in [7, 11) is -3.43. The van der Waals surface area contributed by atoms with Crippen molar-refractivity contribution in [2.75, 3.05) is 13.1 Å². The van der Waals surface area contributed by atoms with Crippen LogP contribution >= 0.6 is 22.9 Å². The maximum atomic E-state index is 12.6. The molecule has 9 heteroatoms. The monoisotopic (exact) mass is 346 g/mol. The van der Waals surface area contributed by atoms with Gasteiger partial charge in [-0.3, -0.25) is 0 Å². The van der Waals surface area contributed by atoms with Gasteiger partial charge < -0.3 is 0 Å². The Labute approximate surface area is 132 Å². The molecule has 0 unspecified atom stereocenters. The number of hydrogen-bond donors (Lipinski definition) is 0. The third kappa shape index (κ3) is 2.85. The molecule has 0 amide bonds. The van der Waals surface area contributed by atoms with E-state index in [-0.39, 0.29) is 6.04 Å². The van der Waals surface area contributed by atoms with E-state index < -0.39 is 10.0 Å². The number of thiophene rings is 1. The number of aromatic nitrogens is 3. The summed E-state index contributed by atoms with van der Waals surface area (Å²) in [6.45, 7) is 2.79. The molecule has 0 aromatic carbocycles. The zero-order chi connectivity index (χ0) is 15.0. The van der Waals surface area contributed by atoms with Gasteiger partial charge in [0.1, 0.15) is 16.9 Å². The number of nitrogens with zero attached hydrogens (tertiary/aromatic N) is 4. The van der Waals surface area contributed by atoms with Gasteiger partial charge in [0.15, 0.2) is 0 Å². The van der Waals surface area contributed by atoms with Crippen molar-refractivity contribution in [2.45, 2.75) is 30.0 Å². The van der Waals surface area contributed by atoms with Gasteiger partial charge in [0.2, 0.25) is 0 Å². The lowest BCUT2D eigenvalue weighted by atomic mass is 10.1. The summed E-state index contributed by atoms with van der Waals surface area (Å²) in [5.41, 5.74) is 0.803. The van der Waals surface area contributed by atoms with Gasteiger partial charge in [0.05, 0.1) is 10.4 Å². The van der Waals surface area contributed by atoms with Crippen LogP contribution in [-0.4, -0.2) is 40.6 Å². The van der Waals surface area contributed by atoms with Crippen molar-refractivity contribution in [3.05, 3.63) is 28.6 Å². The lowest BCUT2D eigenvalue weighted by Gasteiger charge is -2.30. The zero-order valence-corrected chi connectivity index (χ0v) is 13.8. The second-order valence-corrected chi connectivity index (χ2v) is 8.85. The fourth-order valence-electron chi connectivity index (χ4n) is 2.44. The minimum Gasteiger partial charge on any atom is -0.250 e. The third-order valence-electron chi connectivity index (χ3n) is 3.66. The molecule has 6 nitrogen and oxygen atoms in total. The maximum absolute atomic E-state index is 12.6. The Morgan fingerprint density at radius 2 is 2.10 bits per heavy atom. The van der Waals surface area contributed by atoms with Crippen LogP contribution in [0.1, 0.15) is 24.4 Å². The molecule has 1 aliphatic rings. The first-order valence-electron chi connectivity index (χ1n) is 6.58. The molecule has 3 rings (SSSR count). The fraction of sp³-hybridized carbons (Fsp3) is 0.500. The van der Waals surface area contributed by atoms with Gasteiger partial charge in [0, 0.05) is 13.1 Å². The molecular formula is C12H15ClN4O2S2. The summed E-state index contributed by atoms with van der Waals surface area (Å²) in [5.74, 6) is 0. The van der Waals surface area contributed by atoms with Crippen molar-refractivity contribution in [1.82, 2.24) is 19.1 Å². The Morgan fingerprint density at radius 3 is 2.62 bits per heavy atom. The van der Waals surface area contributed by atoms with Crippen LogP contribution in [0.2, 0.25) is 4.34 Å². The Bertz CT molecular complexity index is 699. The van der Waals surface area contributed by atoms with Gasteiger partial charge in [0.25, 0.3) is 10.0 Å². The quantitative estimate of drug-likeness (QED) is 0.855. The highest BCUT2D eigenvalue weighted by Crippen LogP contribution is 2.33. The Morgan fingerprint density at radius 1 is 1.38 bits per heavy atom. The van der Waals surface area contributed by atoms with E-state index in [1.54, 1.807) is 17.1 Å².